The summed E-state index contributed by atoms with van der Waals surface area (Å²) in [6.07, 6.45) is 2.32. The average molecular weight is 401 g/mol. The summed E-state index contributed by atoms with van der Waals surface area (Å²) in [4.78, 5) is 26.1. The third kappa shape index (κ3) is 6.27. The molecule has 2 amide bonds. The van der Waals surface area contributed by atoms with E-state index >= 15 is 0 Å². The molecule has 0 saturated carbocycles. The van der Waals surface area contributed by atoms with Crippen LogP contribution < -0.4 is 5.32 Å². The molecule has 148 valence electrons. The highest BCUT2D eigenvalue weighted by Crippen LogP contribution is 2.14. The van der Waals surface area contributed by atoms with Crippen LogP contribution in [0.25, 0.3) is 0 Å². The molecule has 2 aromatic rings. The number of halogens is 1. The normalized spacial score (nSPS) is 14.5. The van der Waals surface area contributed by atoms with Crippen molar-refractivity contribution in [2.75, 3.05) is 13.1 Å². The molecule has 1 saturated heterocycles. The van der Waals surface area contributed by atoms with Gasteiger partial charge in [-0.15, -0.1) is 0 Å². The number of rotatable bonds is 6. The molecule has 0 atom stereocenters. The van der Waals surface area contributed by atoms with Gasteiger partial charge in [-0.25, -0.2) is 4.79 Å². The van der Waals surface area contributed by atoms with E-state index in [1.807, 2.05) is 54.6 Å². The first-order valence-electron chi connectivity index (χ1n) is 9.59. The van der Waals surface area contributed by atoms with Crippen molar-refractivity contribution in [3.05, 3.63) is 70.7 Å². The van der Waals surface area contributed by atoms with Gasteiger partial charge < -0.3 is 15.0 Å². The van der Waals surface area contributed by atoms with E-state index in [4.69, 9.17) is 16.3 Å². The molecule has 0 unspecified atom stereocenters. The van der Waals surface area contributed by atoms with E-state index in [1.54, 1.807) is 4.90 Å². The van der Waals surface area contributed by atoms with Gasteiger partial charge in [0, 0.05) is 30.6 Å². The molecule has 28 heavy (non-hydrogen) atoms. The van der Waals surface area contributed by atoms with Gasteiger partial charge in [0.25, 0.3) is 0 Å². The Morgan fingerprint density at radius 1 is 1.00 bits per heavy atom. The molecule has 0 radical (unpaired) electrons. The number of carbonyl (C=O) groups is 2. The van der Waals surface area contributed by atoms with Crippen molar-refractivity contribution in [2.45, 2.75) is 38.3 Å². The fourth-order valence-electron chi connectivity index (χ4n) is 3.23. The Balaban J connectivity index is 1.34. The first-order chi connectivity index (χ1) is 13.6. The summed E-state index contributed by atoms with van der Waals surface area (Å²) in [6.45, 7) is 1.46. The lowest BCUT2D eigenvalue weighted by Gasteiger charge is -2.31. The lowest BCUT2D eigenvalue weighted by atomic mass is 10.0. The van der Waals surface area contributed by atoms with Gasteiger partial charge in [-0.1, -0.05) is 54.1 Å². The number of benzene rings is 2. The minimum atomic E-state index is -0.295. The molecule has 1 fully saturated rings. The fraction of sp³-hybridized carbons (Fsp3) is 0.364. The van der Waals surface area contributed by atoms with Gasteiger partial charge in [-0.05, 0) is 42.5 Å². The molecule has 3 rings (SSSR count). The number of nitrogens with one attached hydrogen (secondary N) is 1. The fourth-order valence-corrected chi connectivity index (χ4v) is 3.35. The van der Waals surface area contributed by atoms with Crippen LogP contribution >= 0.6 is 11.6 Å². The van der Waals surface area contributed by atoms with E-state index in [0.29, 0.717) is 31.0 Å². The molecule has 5 nitrogen and oxygen atoms in total. The molecule has 2 aromatic carbocycles. The van der Waals surface area contributed by atoms with Crippen molar-refractivity contribution in [1.29, 1.82) is 0 Å². The van der Waals surface area contributed by atoms with Crippen LogP contribution in [-0.2, 0) is 22.6 Å². The smallest absolute Gasteiger partial charge is 0.410 e. The summed E-state index contributed by atoms with van der Waals surface area (Å²) >= 11 is 5.87. The molecule has 0 bridgehead atoms. The van der Waals surface area contributed by atoms with Gasteiger partial charge in [0.2, 0.25) is 5.91 Å². The lowest BCUT2D eigenvalue weighted by molar-refractivity contribution is -0.122. The lowest BCUT2D eigenvalue weighted by Crippen LogP contribution is -2.46. The molecule has 1 N–H and O–H groups in total. The zero-order chi connectivity index (χ0) is 19.8. The summed E-state index contributed by atoms with van der Waals surface area (Å²) < 4.78 is 5.37. The topological polar surface area (TPSA) is 58.6 Å². The Morgan fingerprint density at radius 2 is 1.68 bits per heavy atom. The Kier molecular flexibility index (Phi) is 7.31. The Hall–Kier alpha value is -2.53. The Labute approximate surface area is 170 Å². The monoisotopic (exact) mass is 400 g/mol. The van der Waals surface area contributed by atoms with E-state index in [-0.39, 0.29) is 24.6 Å². The highest BCUT2D eigenvalue weighted by atomic mass is 35.5. The van der Waals surface area contributed by atoms with Gasteiger partial charge in [0.1, 0.15) is 6.61 Å². The molecule has 1 heterocycles. The SMILES string of the molecule is O=C(CCc1ccc(Cl)cc1)NC1CCN(C(=O)OCc2ccccc2)CC1. The number of piperidine rings is 1. The minimum absolute atomic E-state index is 0.0417. The predicted octanol–water partition coefficient (Wildman–Crippen LogP) is 4.19. The Morgan fingerprint density at radius 3 is 2.36 bits per heavy atom. The zero-order valence-electron chi connectivity index (χ0n) is 15.8. The predicted molar refractivity (Wildman–Crippen MR) is 109 cm³/mol. The molecular formula is C22H25ClN2O3. The van der Waals surface area contributed by atoms with Gasteiger partial charge in [-0.2, -0.15) is 0 Å². The first-order valence-corrected chi connectivity index (χ1v) is 9.97. The van der Waals surface area contributed by atoms with Gasteiger partial charge in [0.15, 0.2) is 0 Å². The molecule has 0 aromatic heterocycles. The standard InChI is InChI=1S/C22H25ClN2O3/c23-19-9-6-17(7-10-19)8-11-21(26)24-20-12-14-25(15-13-20)22(27)28-16-18-4-2-1-3-5-18/h1-7,9-10,20H,8,11-16H2,(H,24,26). The van der Waals surface area contributed by atoms with Crippen LogP contribution in [0.1, 0.15) is 30.4 Å². The van der Waals surface area contributed by atoms with Crippen molar-refractivity contribution in [1.82, 2.24) is 10.2 Å². The average Bonchev–Trinajstić information content (AvgIpc) is 2.73. The maximum absolute atomic E-state index is 12.2. The minimum Gasteiger partial charge on any atom is -0.445 e. The van der Waals surface area contributed by atoms with Crippen LogP contribution in [-0.4, -0.2) is 36.0 Å². The van der Waals surface area contributed by atoms with Gasteiger partial charge in [-0.3, -0.25) is 4.79 Å². The molecular weight excluding hydrogens is 376 g/mol. The van der Waals surface area contributed by atoms with E-state index < -0.39 is 0 Å². The molecule has 0 aliphatic carbocycles. The molecule has 6 heteroatoms. The van der Waals surface area contributed by atoms with Crippen LogP contribution in [0.3, 0.4) is 0 Å². The van der Waals surface area contributed by atoms with Crippen molar-refractivity contribution in [3.8, 4) is 0 Å². The third-order valence-corrected chi connectivity index (χ3v) is 5.13. The second-order valence-corrected chi connectivity index (χ2v) is 7.43. The van der Waals surface area contributed by atoms with Gasteiger partial charge in [0.05, 0.1) is 0 Å². The number of ether oxygens (including phenoxy) is 1. The number of aryl methyl sites for hydroxylation is 1. The Bertz CT molecular complexity index is 772. The largest absolute Gasteiger partial charge is 0.445 e. The van der Waals surface area contributed by atoms with Crippen molar-refractivity contribution >= 4 is 23.6 Å². The zero-order valence-corrected chi connectivity index (χ0v) is 16.5. The number of hydrogen-bond acceptors (Lipinski definition) is 3. The number of hydrogen-bond donors (Lipinski definition) is 1. The van der Waals surface area contributed by atoms with Gasteiger partial charge >= 0.3 is 6.09 Å². The summed E-state index contributed by atoms with van der Waals surface area (Å²) in [5.74, 6) is 0.0417. The number of nitrogens with zero attached hydrogens (tertiary/aromatic N) is 1. The van der Waals surface area contributed by atoms with E-state index in [2.05, 4.69) is 5.32 Å². The molecule has 0 spiro atoms. The second-order valence-electron chi connectivity index (χ2n) is 7.00. The van der Waals surface area contributed by atoms with Crippen LogP contribution in [0.15, 0.2) is 54.6 Å². The second kappa shape index (κ2) is 10.1. The maximum Gasteiger partial charge on any atom is 0.410 e. The molecule has 1 aliphatic rings. The van der Waals surface area contributed by atoms with Crippen molar-refractivity contribution in [2.24, 2.45) is 0 Å². The summed E-state index contributed by atoms with van der Waals surface area (Å²) in [5, 5.41) is 3.77. The summed E-state index contributed by atoms with van der Waals surface area (Å²) in [7, 11) is 0. The quantitative estimate of drug-likeness (QED) is 0.790. The third-order valence-electron chi connectivity index (χ3n) is 4.88. The van der Waals surface area contributed by atoms with E-state index in [1.165, 1.54) is 0 Å². The number of likely N-dealkylation sites (tertiary alicyclic amines) is 1. The van der Waals surface area contributed by atoms with Crippen LogP contribution in [0.5, 0.6) is 0 Å². The van der Waals surface area contributed by atoms with Crippen LogP contribution in [0.4, 0.5) is 4.79 Å². The van der Waals surface area contributed by atoms with Crippen LogP contribution in [0.2, 0.25) is 5.02 Å². The highest BCUT2D eigenvalue weighted by Gasteiger charge is 2.24. The number of amides is 2. The number of carbonyl (C=O) groups excluding carboxylic acids is 2. The van der Waals surface area contributed by atoms with Crippen LogP contribution in [0, 0.1) is 0 Å². The maximum atomic E-state index is 12.2. The molecule has 1 aliphatic heterocycles. The summed E-state index contributed by atoms with van der Waals surface area (Å²) in [6, 6.07) is 17.3. The van der Waals surface area contributed by atoms with Crippen molar-refractivity contribution in [3.63, 3.8) is 0 Å². The first kappa shape index (κ1) is 20.2. The van der Waals surface area contributed by atoms with Crippen molar-refractivity contribution < 1.29 is 14.3 Å². The van der Waals surface area contributed by atoms with E-state index in [9.17, 15) is 9.59 Å². The van der Waals surface area contributed by atoms with E-state index in [0.717, 1.165) is 24.0 Å². The highest BCUT2D eigenvalue weighted by molar-refractivity contribution is 6.30. The summed E-state index contributed by atoms with van der Waals surface area (Å²) in [5.41, 5.74) is 2.06.